The number of nitrogens with zero attached hydrogens (tertiary/aromatic N) is 1. The molecule has 0 aliphatic carbocycles. The quantitative estimate of drug-likeness (QED) is 0.631. The first-order valence-corrected chi connectivity index (χ1v) is 7.03. The van der Waals surface area contributed by atoms with Crippen LogP contribution in [0.5, 0.6) is 0 Å². The topological polar surface area (TPSA) is 3.24 Å². The van der Waals surface area contributed by atoms with Crippen molar-refractivity contribution in [1.82, 2.24) is 3.86 Å². The second kappa shape index (κ2) is 4.40. The zero-order valence-electron chi connectivity index (χ0n) is 8.07. The molecule has 0 aromatic heterocycles. The number of rotatable bonds is 3. The molecule has 0 bridgehead atoms. The molecule has 0 saturated carbocycles. The predicted octanol–water partition coefficient (Wildman–Crippen LogP) is 1.63. The van der Waals surface area contributed by atoms with Crippen molar-refractivity contribution in [1.29, 1.82) is 0 Å². The summed E-state index contributed by atoms with van der Waals surface area (Å²) in [6.45, 7) is 14.1. The molecule has 0 aliphatic heterocycles. The fourth-order valence-electron chi connectivity index (χ4n) is 1.12. The zero-order chi connectivity index (χ0) is 8.20. The molecule has 0 radical (unpaired) electrons. The van der Waals surface area contributed by atoms with E-state index in [9.17, 15) is 0 Å². The van der Waals surface area contributed by atoms with Gasteiger partial charge in [-0.3, -0.25) is 0 Å². The number of hydrogen-bond donors (Lipinski definition) is 0. The maximum atomic E-state index is 2.65. The van der Waals surface area contributed by atoms with Crippen LogP contribution < -0.4 is 0 Å². The Kier molecular flexibility index (Phi) is 4.62. The van der Waals surface area contributed by atoms with Gasteiger partial charge in [0.25, 0.3) is 0 Å². The Labute approximate surface area is 71.9 Å². The van der Waals surface area contributed by atoms with Crippen molar-refractivity contribution >= 4 is 15.7 Å². The SMILES string of the molecule is CC[N](CC)[GeH2][C](C)(C)C. The van der Waals surface area contributed by atoms with Crippen LogP contribution in [0.2, 0.25) is 4.25 Å². The Morgan fingerprint density at radius 2 is 1.50 bits per heavy atom. The second-order valence-electron chi connectivity index (χ2n) is 4.02. The van der Waals surface area contributed by atoms with E-state index in [0.717, 1.165) is 0 Å². The third kappa shape index (κ3) is 5.30. The van der Waals surface area contributed by atoms with Crippen LogP contribution in [0, 0.1) is 0 Å². The zero-order valence-corrected chi connectivity index (χ0v) is 11.0. The first-order chi connectivity index (χ1) is 4.49. The third-order valence-electron chi connectivity index (χ3n) is 1.59. The van der Waals surface area contributed by atoms with Crippen molar-refractivity contribution in [2.75, 3.05) is 13.1 Å². The fraction of sp³-hybridized carbons (Fsp3) is 1.00. The van der Waals surface area contributed by atoms with Gasteiger partial charge in [-0.2, -0.15) is 0 Å². The summed E-state index contributed by atoms with van der Waals surface area (Å²) in [5, 5.41) is 0. The molecule has 0 aromatic rings. The van der Waals surface area contributed by atoms with Crippen LogP contribution in [0.3, 0.4) is 0 Å². The monoisotopic (exact) mass is 205 g/mol. The molecular weight excluding hydrogens is 183 g/mol. The van der Waals surface area contributed by atoms with Crippen molar-refractivity contribution in [3.05, 3.63) is 0 Å². The van der Waals surface area contributed by atoms with E-state index in [0.29, 0.717) is 4.25 Å². The molecule has 10 heavy (non-hydrogen) atoms. The molecule has 1 nitrogen and oxygen atoms in total. The van der Waals surface area contributed by atoms with Gasteiger partial charge in [-0.25, -0.2) is 0 Å². The summed E-state index contributed by atoms with van der Waals surface area (Å²) in [4.78, 5) is 0. The van der Waals surface area contributed by atoms with Crippen LogP contribution in [0.15, 0.2) is 0 Å². The molecule has 0 atom stereocenters. The van der Waals surface area contributed by atoms with Gasteiger partial charge in [0, 0.05) is 0 Å². The summed E-state index contributed by atoms with van der Waals surface area (Å²) < 4.78 is 3.28. The molecule has 0 heterocycles. The molecule has 0 unspecified atom stereocenters. The Balaban J connectivity index is 3.63. The van der Waals surface area contributed by atoms with E-state index in [1.165, 1.54) is 13.1 Å². The van der Waals surface area contributed by atoms with Gasteiger partial charge >= 0.3 is 71.5 Å². The van der Waals surface area contributed by atoms with Crippen LogP contribution >= 0.6 is 0 Å². The Morgan fingerprint density at radius 3 is 1.60 bits per heavy atom. The van der Waals surface area contributed by atoms with Gasteiger partial charge in [-0.05, 0) is 0 Å². The van der Waals surface area contributed by atoms with Crippen molar-refractivity contribution in [3.63, 3.8) is 0 Å². The normalized spacial score (nSPS) is 13.8. The second-order valence-corrected chi connectivity index (χ2v) is 11.0. The van der Waals surface area contributed by atoms with Gasteiger partial charge < -0.3 is 0 Å². The van der Waals surface area contributed by atoms with Crippen LogP contribution in [0.4, 0.5) is 0 Å². The van der Waals surface area contributed by atoms with Crippen LogP contribution in [-0.2, 0) is 0 Å². The molecule has 2 heteroatoms. The molecule has 0 N–H and O–H groups in total. The Hall–Kier alpha value is 0.503. The molecule has 0 fully saturated rings. The molecule has 0 aromatic carbocycles. The van der Waals surface area contributed by atoms with Gasteiger partial charge in [0.1, 0.15) is 0 Å². The van der Waals surface area contributed by atoms with E-state index in [4.69, 9.17) is 0 Å². The summed E-state index contributed by atoms with van der Waals surface area (Å²) in [7, 11) is 0. The molecular formula is C8H21GeN. The predicted molar refractivity (Wildman–Crippen MR) is 51.2 cm³/mol. The van der Waals surface area contributed by atoms with Gasteiger partial charge in [0.2, 0.25) is 0 Å². The standard InChI is InChI=1S/C8H21GeN/c1-6-10(7-2)9-8(3,4)5/h6-7,9H2,1-5H3. The maximum absolute atomic E-state index is 2.65. The van der Waals surface area contributed by atoms with Crippen LogP contribution in [0.1, 0.15) is 34.6 Å². The molecule has 0 saturated heterocycles. The molecule has 0 rings (SSSR count). The van der Waals surface area contributed by atoms with E-state index in [2.05, 4.69) is 38.5 Å². The van der Waals surface area contributed by atoms with E-state index >= 15 is 0 Å². The van der Waals surface area contributed by atoms with Crippen LogP contribution in [-0.4, -0.2) is 32.6 Å². The molecule has 62 valence electrons. The number of hydrogen-bond acceptors (Lipinski definition) is 1. The van der Waals surface area contributed by atoms with Crippen molar-refractivity contribution in [3.8, 4) is 0 Å². The summed E-state index contributed by atoms with van der Waals surface area (Å²) in [5.41, 5.74) is 0. The molecule has 0 amide bonds. The Bertz CT molecular complexity index is 81.7. The van der Waals surface area contributed by atoms with Gasteiger partial charge in [0.15, 0.2) is 0 Å². The third-order valence-corrected chi connectivity index (χ3v) is 6.40. The van der Waals surface area contributed by atoms with Crippen molar-refractivity contribution < 1.29 is 0 Å². The summed E-state index contributed by atoms with van der Waals surface area (Å²) in [6, 6.07) is 0. The molecule has 0 spiro atoms. The fourth-order valence-corrected chi connectivity index (χ4v) is 4.87. The summed E-state index contributed by atoms with van der Waals surface area (Å²) in [6.07, 6.45) is 0. The minimum atomic E-state index is -0.427. The molecule has 0 aliphatic rings. The first-order valence-electron chi connectivity index (χ1n) is 4.22. The minimum absolute atomic E-state index is 0.427. The van der Waals surface area contributed by atoms with Crippen molar-refractivity contribution in [2.45, 2.75) is 38.9 Å². The van der Waals surface area contributed by atoms with Crippen molar-refractivity contribution in [2.24, 2.45) is 0 Å². The van der Waals surface area contributed by atoms with E-state index in [1.807, 2.05) is 0 Å². The van der Waals surface area contributed by atoms with E-state index in [-0.39, 0.29) is 0 Å². The van der Waals surface area contributed by atoms with Gasteiger partial charge in [-0.1, -0.05) is 0 Å². The first kappa shape index (κ1) is 10.5. The van der Waals surface area contributed by atoms with Gasteiger partial charge in [0.05, 0.1) is 0 Å². The average molecular weight is 204 g/mol. The van der Waals surface area contributed by atoms with E-state index < -0.39 is 15.7 Å². The average Bonchev–Trinajstić information content (AvgIpc) is 1.81. The van der Waals surface area contributed by atoms with E-state index in [1.54, 1.807) is 0 Å². The Morgan fingerprint density at radius 1 is 1.10 bits per heavy atom. The van der Waals surface area contributed by atoms with Gasteiger partial charge in [-0.15, -0.1) is 0 Å². The summed E-state index contributed by atoms with van der Waals surface area (Å²) in [5.74, 6) is 0. The van der Waals surface area contributed by atoms with Crippen LogP contribution in [0.25, 0.3) is 0 Å². The summed E-state index contributed by atoms with van der Waals surface area (Å²) >= 11 is -0.427.